The van der Waals surface area contributed by atoms with Crippen LogP contribution in [0.3, 0.4) is 0 Å². The zero-order valence-electron chi connectivity index (χ0n) is 16.9. The molecule has 3 aromatic heterocycles. The first-order valence-electron chi connectivity index (χ1n) is 9.81. The van der Waals surface area contributed by atoms with E-state index < -0.39 is 23.5 Å². The Balaban J connectivity index is 1.70. The molecule has 31 heavy (non-hydrogen) atoms. The number of unbranched alkanes of at least 4 members (excludes halogenated alkanes) is 1. The first-order valence-corrected chi connectivity index (χ1v) is 9.81. The number of rotatable bonds is 10. The summed E-state index contributed by atoms with van der Waals surface area (Å²) in [6, 6.07) is 6.62. The quantitative estimate of drug-likeness (QED) is 0.417. The number of aromatic nitrogens is 3. The van der Waals surface area contributed by atoms with E-state index in [2.05, 4.69) is 27.5 Å². The fourth-order valence-corrected chi connectivity index (χ4v) is 2.78. The van der Waals surface area contributed by atoms with Gasteiger partial charge in [-0.15, -0.1) is 0 Å². The zero-order chi connectivity index (χ0) is 22.2. The van der Waals surface area contributed by atoms with E-state index in [4.69, 9.17) is 4.74 Å². The van der Waals surface area contributed by atoms with Crippen molar-refractivity contribution in [3.8, 4) is 5.75 Å². The molecule has 0 spiro atoms. The topological polar surface area (TPSA) is 135 Å². The van der Waals surface area contributed by atoms with Crippen LogP contribution in [0.2, 0.25) is 0 Å². The Kier molecular flexibility index (Phi) is 7.15. The first-order chi connectivity index (χ1) is 15.0. The van der Waals surface area contributed by atoms with Gasteiger partial charge in [-0.2, -0.15) is 0 Å². The molecule has 3 heterocycles. The molecular formula is C21H23N5O5. The van der Waals surface area contributed by atoms with Crippen LogP contribution in [-0.2, 0) is 4.79 Å². The highest BCUT2D eigenvalue weighted by atomic mass is 16.5. The van der Waals surface area contributed by atoms with Crippen LogP contribution in [0.15, 0.2) is 53.7 Å². The van der Waals surface area contributed by atoms with E-state index in [0.29, 0.717) is 17.9 Å². The van der Waals surface area contributed by atoms with Gasteiger partial charge < -0.3 is 20.5 Å². The number of carboxylic acids is 1. The highest BCUT2D eigenvalue weighted by molar-refractivity contribution is 5.95. The van der Waals surface area contributed by atoms with Crippen LogP contribution in [0, 0.1) is 0 Å². The number of hydrogen-bond donors (Lipinski definition) is 3. The molecule has 0 bridgehead atoms. The first kappa shape index (κ1) is 21.8. The summed E-state index contributed by atoms with van der Waals surface area (Å²) in [7, 11) is 0. The number of carbonyl (C=O) groups excluding carboxylic acids is 1. The number of pyridine rings is 2. The summed E-state index contributed by atoms with van der Waals surface area (Å²) in [5.74, 6) is -1.05. The average molecular weight is 425 g/mol. The molecule has 0 aliphatic rings. The molecule has 0 aliphatic carbocycles. The van der Waals surface area contributed by atoms with E-state index in [1.807, 2.05) is 0 Å². The van der Waals surface area contributed by atoms with Crippen LogP contribution < -0.4 is 20.9 Å². The second-order valence-corrected chi connectivity index (χ2v) is 6.76. The largest absolute Gasteiger partial charge is 0.492 e. The minimum absolute atomic E-state index is 0.129. The molecule has 3 rings (SSSR count). The average Bonchev–Trinajstić information content (AvgIpc) is 2.77. The maximum atomic E-state index is 12.5. The highest BCUT2D eigenvalue weighted by Crippen LogP contribution is 2.13. The summed E-state index contributed by atoms with van der Waals surface area (Å²) in [6.45, 7) is 2.39. The van der Waals surface area contributed by atoms with Crippen molar-refractivity contribution in [3.05, 3.63) is 64.8 Å². The predicted octanol–water partition coefficient (Wildman–Crippen LogP) is 1.56. The number of nitrogens with zero attached hydrogens (tertiary/aromatic N) is 3. The van der Waals surface area contributed by atoms with Crippen LogP contribution in [0.25, 0.3) is 5.52 Å². The van der Waals surface area contributed by atoms with Crippen LogP contribution in [-0.4, -0.2) is 50.5 Å². The number of nitrogens with one attached hydrogen (secondary N) is 2. The third kappa shape index (κ3) is 5.78. The lowest BCUT2D eigenvalue weighted by atomic mass is 10.2. The van der Waals surface area contributed by atoms with Gasteiger partial charge in [0.15, 0.2) is 0 Å². The summed E-state index contributed by atoms with van der Waals surface area (Å²) in [4.78, 5) is 44.3. The fraction of sp³-hybridized carbons (Fsp3) is 0.286. The molecule has 3 N–H and O–H groups in total. The van der Waals surface area contributed by atoms with E-state index in [1.165, 1.54) is 22.9 Å². The number of hydrogen-bond acceptors (Lipinski definition) is 7. The van der Waals surface area contributed by atoms with E-state index >= 15 is 0 Å². The van der Waals surface area contributed by atoms with Crippen LogP contribution in [0.5, 0.6) is 5.75 Å². The predicted molar refractivity (Wildman–Crippen MR) is 113 cm³/mol. The molecule has 0 aliphatic heterocycles. The van der Waals surface area contributed by atoms with Gasteiger partial charge in [0, 0.05) is 36.1 Å². The van der Waals surface area contributed by atoms with Gasteiger partial charge in [-0.25, -0.2) is 14.8 Å². The Bertz CT molecular complexity index is 1120. The molecule has 10 nitrogen and oxygen atoms in total. The van der Waals surface area contributed by atoms with E-state index in [-0.39, 0.29) is 18.1 Å². The molecule has 0 saturated carbocycles. The summed E-state index contributed by atoms with van der Waals surface area (Å²) in [6.07, 6.45) is 6.43. The number of carboxylic acid groups (broad SMARTS) is 1. The molecule has 0 radical (unpaired) electrons. The maximum Gasteiger partial charge on any atom is 0.328 e. The lowest BCUT2D eigenvalue weighted by Crippen LogP contribution is -2.42. The van der Waals surface area contributed by atoms with Gasteiger partial charge >= 0.3 is 5.97 Å². The third-order valence-corrected chi connectivity index (χ3v) is 4.44. The van der Waals surface area contributed by atoms with Crippen molar-refractivity contribution in [2.24, 2.45) is 0 Å². The van der Waals surface area contributed by atoms with Gasteiger partial charge in [0.05, 0.1) is 12.8 Å². The number of anilines is 1. The van der Waals surface area contributed by atoms with Gasteiger partial charge in [0.25, 0.3) is 11.5 Å². The molecule has 3 aromatic rings. The minimum Gasteiger partial charge on any atom is -0.492 e. The molecule has 1 unspecified atom stereocenters. The lowest BCUT2D eigenvalue weighted by molar-refractivity contribution is -0.137. The van der Waals surface area contributed by atoms with Gasteiger partial charge in [-0.1, -0.05) is 13.3 Å². The third-order valence-electron chi connectivity index (χ3n) is 4.44. The Morgan fingerprint density at radius 3 is 2.71 bits per heavy atom. The number of carbonyl (C=O) groups is 2. The van der Waals surface area contributed by atoms with Crippen molar-refractivity contribution < 1.29 is 19.4 Å². The Morgan fingerprint density at radius 1 is 1.23 bits per heavy atom. The lowest BCUT2D eigenvalue weighted by Gasteiger charge is -2.15. The van der Waals surface area contributed by atoms with Crippen molar-refractivity contribution in [1.82, 2.24) is 19.7 Å². The molecule has 1 atom stereocenters. The second-order valence-electron chi connectivity index (χ2n) is 6.76. The van der Waals surface area contributed by atoms with E-state index in [1.54, 1.807) is 30.5 Å². The number of aliphatic carboxylic acids is 1. The fourth-order valence-electron chi connectivity index (χ4n) is 2.78. The molecule has 0 saturated heterocycles. The summed E-state index contributed by atoms with van der Waals surface area (Å²) < 4.78 is 7.01. The monoisotopic (exact) mass is 425 g/mol. The van der Waals surface area contributed by atoms with Crippen molar-refractivity contribution in [2.75, 3.05) is 18.5 Å². The van der Waals surface area contributed by atoms with Gasteiger partial charge in [-0.05, 0) is 30.7 Å². The van der Waals surface area contributed by atoms with E-state index in [0.717, 1.165) is 12.8 Å². The van der Waals surface area contributed by atoms with Crippen molar-refractivity contribution in [1.29, 1.82) is 0 Å². The van der Waals surface area contributed by atoms with Gasteiger partial charge in [0.2, 0.25) is 5.95 Å². The summed E-state index contributed by atoms with van der Waals surface area (Å²) in [5.41, 5.74) is 0.255. The molecule has 162 valence electrons. The Hall–Kier alpha value is -3.95. The van der Waals surface area contributed by atoms with Crippen molar-refractivity contribution in [2.45, 2.75) is 25.8 Å². The van der Waals surface area contributed by atoms with Crippen LogP contribution >= 0.6 is 0 Å². The molecular weight excluding hydrogens is 402 g/mol. The maximum absolute atomic E-state index is 12.5. The van der Waals surface area contributed by atoms with Crippen LogP contribution in [0.1, 0.15) is 30.1 Å². The molecule has 0 aromatic carbocycles. The molecule has 10 heteroatoms. The number of ether oxygens (including phenoxy) is 1. The number of fused-ring (bicyclic) bond motifs is 1. The molecule has 1 amide bonds. The van der Waals surface area contributed by atoms with Gasteiger partial charge in [-0.3, -0.25) is 14.0 Å². The van der Waals surface area contributed by atoms with E-state index in [9.17, 15) is 19.5 Å². The van der Waals surface area contributed by atoms with Crippen molar-refractivity contribution in [3.63, 3.8) is 0 Å². The SMILES string of the molecule is CCCCOc1ccc2cc(C(=O)NCC(Nc3ncccn3)C(=O)O)cc(=O)n2c1. The Morgan fingerprint density at radius 2 is 2.00 bits per heavy atom. The normalized spacial score (nSPS) is 11.6. The van der Waals surface area contributed by atoms with Crippen LogP contribution in [0.4, 0.5) is 5.95 Å². The number of amides is 1. The highest BCUT2D eigenvalue weighted by Gasteiger charge is 2.20. The van der Waals surface area contributed by atoms with Gasteiger partial charge in [0.1, 0.15) is 11.8 Å². The molecule has 0 fully saturated rings. The standard InChI is InChI=1S/C21H23N5O5/c1-2-3-9-31-16-6-5-15-10-14(11-18(27)26(15)13-16)19(28)24-12-17(20(29)30)25-21-22-7-4-8-23-21/h4-8,10-11,13,17H,2-3,9,12H2,1H3,(H,24,28)(H,29,30)(H,22,23,25). The second kappa shape index (κ2) is 10.2. The summed E-state index contributed by atoms with van der Waals surface area (Å²) >= 11 is 0. The Labute approximate surface area is 177 Å². The smallest absolute Gasteiger partial charge is 0.328 e. The summed E-state index contributed by atoms with van der Waals surface area (Å²) in [5, 5.41) is 14.5. The minimum atomic E-state index is -1.18. The van der Waals surface area contributed by atoms with Crippen molar-refractivity contribution >= 4 is 23.3 Å². The zero-order valence-corrected chi connectivity index (χ0v) is 16.9.